The molecule has 0 saturated heterocycles. The van der Waals surface area contributed by atoms with Crippen LogP contribution in [0.2, 0.25) is 0 Å². The Labute approximate surface area is 131 Å². The molecule has 0 radical (unpaired) electrons. The van der Waals surface area contributed by atoms with Crippen LogP contribution in [-0.4, -0.2) is 13.3 Å². The SMILES string of the molecule is CP(C)c1cc2ccccc2[cH-]1.[C-]1=CC=CC1.[F][Ti][F]. The molecule has 2 aromatic rings. The van der Waals surface area contributed by atoms with Gasteiger partial charge in [-0.1, -0.05) is 6.07 Å². The summed E-state index contributed by atoms with van der Waals surface area (Å²) in [4.78, 5) is 0. The van der Waals surface area contributed by atoms with E-state index in [-0.39, 0.29) is 7.92 Å². The molecule has 0 atom stereocenters. The summed E-state index contributed by atoms with van der Waals surface area (Å²) in [5, 5.41) is 4.26. The van der Waals surface area contributed by atoms with Crippen LogP contribution in [0.25, 0.3) is 10.8 Å². The van der Waals surface area contributed by atoms with Crippen LogP contribution in [-0.2, 0) is 20.2 Å². The van der Waals surface area contributed by atoms with Gasteiger partial charge in [-0.05, 0) is 13.3 Å². The third-order valence-corrected chi connectivity index (χ3v) is 4.00. The Morgan fingerprint density at radius 3 is 2.40 bits per heavy atom. The summed E-state index contributed by atoms with van der Waals surface area (Å²) in [5.74, 6) is 0. The van der Waals surface area contributed by atoms with Crippen LogP contribution in [0.3, 0.4) is 0 Å². The predicted molar refractivity (Wildman–Crippen MR) is 81.7 cm³/mol. The van der Waals surface area contributed by atoms with Gasteiger partial charge in [-0.25, -0.2) is 12.2 Å². The fourth-order valence-electron chi connectivity index (χ4n) is 1.73. The molecule has 0 saturated carbocycles. The zero-order chi connectivity index (χ0) is 14.8. The Balaban J connectivity index is 0.000000208. The van der Waals surface area contributed by atoms with Gasteiger partial charge in [0.05, 0.1) is 0 Å². The van der Waals surface area contributed by atoms with Gasteiger partial charge in [0, 0.05) is 0 Å². The molecule has 0 spiro atoms. The maximum absolute atomic E-state index is 9.75. The standard InChI is InChI=1S/C11H12P.C5H5.2FH.Ti/c1-12(2)11-7-9-5-3-4-6-10(9)8-11;1-2-4-5-3-1;;;/h3-8H,1-2H3;1-3H,4H2;2*1H;/q2*-1;;;+2/p-2. The van der Waals surface area contributed by atoms with Crippen LogP contribution in [0.1, 0.15) is 6.42 Å². The van der Waals surface area contributed by atoms with Crippen molar-refractivity contribution in [2.45, 2.75) is 6.42 Å². The van der Waals surface area contributed by atoms with Crippen molar-refractivity contribution in [3.8, 4) is 0 Å². The van der Waals surface area contributed by atoms with Gasteiger partial charge >= 0.3 is 26.4 Å². The number of fused-ring (bicyclic) bond motifs is 1. The van der Waals surface area contributed by atoms with Crippen LogP contribution in [0, 0.1) is 6.08 Å². The van der Waals surface area contributed by atoms with Gasteiger partial charge in [0.1, 0.15) is 0 Å². The Hall–Kier alpha value is -0.686. The zero-order valence-electron chi connectivity index (χ0n) is 11.6. The molecule has 1 aliphatic carbocycles. The molecule has 0 heterocycles. The Kier molecular flexibility index (Phi) is 8.77. The summed E-state index contributed by atoms with van der Waals surface area (Å²) >= 11 is -2.50. The first kappa shape index (κ1) is 17.4. The number of hydrogen-bond acceptors (Lipinski definition) is 0. The summed E-state index contributed by atoms with van der Waals surface area (Å²) in [5.41, 5.74) is 0. The molecule has 0 bridgehead atoms. The molecule has 0 N–H and O–H groups in total. The first-order valence-electron chi connectivity index (χ1n) is 6.20. The topological polar surface area (TPSA) is 0 Å². The molecule has 0 amide bonds. The third-order valence-electron chi connectivity index (χ3n) is 2.71. The molecule has 2 aromatic carbocycles. The van der Waals surface area contributed by atoms with Gasteiger partial charge in [0.15, 0.2) is 0 Å². The van der Waals surface area contributed by atoms with Crippen LogP contribution >= 0.6 is 7.92 Å². The van der Waals surface area contributed by atoms with Gasteiger partial charge in [0.2, 0.25) is 0 Å². The quantitative estimate of drug-likeness (QED) is 0.390. The fourth-order valence-corrected chi connectivity index (χ4v) is 2.53. The van der Waals surface area contributed by atoms with E-state index in [1.165, 1.54) is 16.1 Å². The maximum atomic E-state index is 9.75. The van der Waals surface area contributed by atoms with Gasteiger partial charge < -0.3 is 0 Å². The minimum atomic E-state index is -2.50. The van der Waals surface area contributed by atoms with Crippen molar-refractivity contribution in [3.63, 3.8) is 0 Å². The van der Waals surface area contributed by atoms with Crippen molar-refractivity contribution in [1.29, 1.82) is 0 Å². The second kappa shape index (κ2) is 10.1. The second-order valence-electron chi connectivity index (χ2n) is 4.31. The molecule has 20 heavy (non-hydrogen) atoms. The van der Waals surface area contributed by atoms with Crippen molar-refractivity contribution < 1.29 is 26.4 Å². The number of halogens is 2. The van der Waals surface area contributed by atoms with Crippen molar-refractivity contribution in [1.82, 2.24) is 0 Å². The summed E-state index contributed by atoms with van der Waals surface area (Å²) in [6.07, 6.45) is 10.0. The Morgan fingerprint density at radius 2 is 1.95 bits per heavy atom. The van der Waals surface area contributed by atoms with E-state index in [1.807, 2.05) is 12.2 Å². The third kappa shape index (κ3) is 6.18. The van der Waals surface area contributed by atoms with E-state index < -0.39 is 20.2 Å². The normalized spacial score (nSPS) is 11.8. The van der Waals surface area contributed by atoms with Crippen molar-refractivity contribution in [3.05, 3.63) is 60.7 Å². The molecular weight excluding hydrogens is 309 g/mol. The van der Waals surface area contributed by atoms with E-state index in [0.29, 0.717) is 0 Å². The second-order valence-corrected chi connectivity index (χ2v) is 6.84. The number of hydrogen-bond donors (Lipinski definition) is 0. The Bertz CT molecular complexity index is 515. The van der Waals surface area contributed by atoms with E-state index in [4.69, 9.17) is 0 Å². The zero-order valence-corrected chi connectivity index (χ0v) is 14.1. The molecular formula is C16H17F2PTi-2. The van der Waals surface area contributed by atoms with Gasteiger partial charge in [-0.3, -0.25) is 6.08 Å². The van der Waals surface area contributed by atoms with Crippen molar-refractivity contribution >= 4 is 24.0 Å². The van der Waals surface area contributed by atoms with E-state index in [0.717, 1.165) is 6.42 Å². The number of allylic oxidation sites excluding steroid dienone is 4. The van der Waals surface area contributed by atoms with Gasteiger partial charge in [-0.2, -0.15) is 12.1 Å². The average Bonchev–Trinajstić information content (AvgIpc) is 3.12. The molecule has 106 valence electrons. The average molecular weight is 326 g/mol. The van der Waals surface area contributed by atoms with E-state index in [1.54, 1.807) is 0 Å². The van der Waals surface area contributed by atoms with Crippen LogP contribution in [0.5, 0.6) is 0 Å². The molecule has 1 aliphatic rings. The summed E-state index contributed by atoms with van der Waals surface area (Å²) in [6, 6.07) is 13.2. The van der Waals surface area contributed by atoms with Crippen molar-refractivity contribution in [2.24, 2.45) is 0 Å². The van der Waals surface area contributed by atoms with Crippen LogP contribution < -0.4 is 5.30 Å². The molecule has 3 rings (SSSR count). The van der Waals surface area contributed by atoms with E-state index in [9.17, 15) is 6.18 Å². The minimum absolute atomic E-state index is 0.0576. The molecule has 0 aromatic heterocycles. The summed E-state index contributed by atoms with van der Waals surface area (Å²) in [6.45, 7) is 4.59. The van der Waals surface area contributed by atoms with E-state index in [2.05, 4.69) is 61.9 Å². The molecule has 0 aliphatic heterocycles. The monoisotopic (exact) mass is 326 g/mol. The molecule has 0 unspecified atom stereocenters. The molecule has 4 heteroatoms. The van der Waals surface area contributed by atoms with Gasteiger partial charge in [0.25, 0.3) is 0 Å². The number of rotatable bonds is 1. The number of benzene rings is 1. The van der Waals surface area contributed by atoms with Crippen LogP contribution in [0.15, 0.2) is 54.6 Å². The summed E-state index contributed by atoms with van der Waals surface area (Å²) < 4.78 is 19.5. The molecule has 0 nitrogen and oxygen atoms in total. The Morgan fingerprint density at radius 1 is 1.25 bits per heavy atom. The van der Waals surface area contributed by atoms with Gasteiger partial charge in [-0.15, -0.1) is 54.7 Å². The van der Waals surface area contributed by atoms with E-state index >= 15 is 0 Å². The van der Waals surface area contributed by atoms with Crippen LogP contribution in [0.4, 0.5) is 6.18 Å². The van der Waals surface area contributed by atoms with Crippen molar-refractivity contribution in [2.75, 3.05) is 13.3 Å². The predicted octanol–water partition coefficient (Wildman–Crippen LogP) is 5.07. The summed E-state index contributed by atoms with van der Waals surface area (Å²) in [7, 11) is 0.0576. The first-order chi connectivity index (χ1) is 9.69. The first-order valence-corrected chi connectivity index (χ1v) is 9.61. The molecule has 0 fully saturated rings. The fraction of sp³-hybridized carbons (Fsp3) is 0.188.